The van der Waals surface area contributed by atoms with Crippen LogP contribution in [0.4, 0.5) is 4.79 Å². The van der Waals surface area contributed by atoms with Crippen LogP contribution in [0.25, 0.3) is 0 Å². The van der Waals surface area contributed by atoms with Crippen LogP contribution in [0.2, 0.25) is 4.34 Å². The number of amides is 2. The molecule has 0 saturated carbocycles. The summed E-state index contributed by atoms with van der Waals surface area (Å²) >= 11 is 7.25. The molecule has 34 heavy (non-hydrogen) atoms. The molecule has 1 saturated heterocycles. The number of hydrogen-bond acceptors (Lipinski definition) is 7. The summed E-state index contributed by atoms with van der Waals surface area (Å²) in [6, 6.07) is 3.03. The predicted octanol–water partition coefficient (Wildman–Crippen LogP) is 6.20. The second-order valence-electron chi connectivity index (χ2n) is 9.78. The van der Waals surface area contributed by atoms with Gasteiger partial charge in [-0.2, -0.15) is 4.98 Å². The summed E-state index contributed by atoms with van der Waals surface area (Å²) in [5, 5.41) is 7.31. The molecule has 2 amide bonds. The van der Waals surface area contributed by atoms with E-state index in [0.717, 1.165) is 25.7 Å². The number of carbonyl (C=O) groups excluding carboxylic acids is 2. The van der Waals surface area contributed by atoms with Gasteiger partial charge in [0.25, 0.3) is 5.91 Å². The Morgan fingerprint density at radius 2 is 1.94 bits per heavy atom. The number of hydrogen-bond donors (Lipinski definition) is 1. The second kappa shape index (κ2) is 11.5. The van der Waals surface area contributed by atoms with Crippen LogP contribution in [0, 0.1) is 5.92 Å². The maximum atomic E-state index is 12.9. The second-order valence-corrected chi connectivity index (χ2v) is 11.5. The first-order valence-electron chi connectivity index (χ1n) is 12.0. The van der Waals surface area contributed by atoms with Crippen LogP contribution in [0.5, 0.6) is 0 Å². The first kappa shape index (κ1) is 26.5. The number of nitrogens with zero attached hydrogens (tertiary/aromatic N) is 3. The van der Waals surface area contributed by atoms with Gasteiger partial charge in [0.2, 0.25) is 5.89 Å². The number of nitrogens with one attached hydrogen (secondary N) is 1. The van der Waals surface area contributed by atoms with Crippen molar-refractivity contribution in [2.45, 2.75) is 84.3 Å². The molecule has 1 N–H and O–H groups in total. The summed E-state index contributed by atoms with van der Waals surface area (Å²) in [6.45, 7) is 11.0. The molecule has 188 valence electrons. The minimum absolute atomic E-state index is 0.200. The van der Waals surface area contributed by atoms with Crippen molar-refractivity contribution < 1.29 is 18.8 Å². The normalized spacial score (nSPS) is 16.0. The van der Waals surface area contributed by atoms with Crippen LogP contribution >= 0.6 is 22.9 Å². The number of ether oxygens (including phenoxy) is 1. The standard InChI is InChI=1S/C24H35ClN4O4S/c1-6-16(7-2)22-27-20(28-33-22)17(26-21(30)18-8-9-19(25)34-18)14-15-10-12-29(13-11-15)23(31)32-24(3,4)5/h8-9,15-17H,6-7,10-14H2,1-5H3,(H,26,30). The Balaban J connectivity index is 1.69. The molecular formula is C24H35ClN4O4S. The molecule has 1 atom stereocenters. The van der Waals surface area contributed by atoms with E-state index in [1.54, 1.807) is 17.0 Å². The van der Waals surface area contributed by atoms with E-state index in [4.69, 9.17) is 20.9 Å². The highest BCUT2D eigenvalue weighted by atomic mass is 35.5. The average molecular weight is 511 g/mol. The lowest BCUT2D eigenvalue weighted by atomic mass is 9.90. The summed E-state index contributed by atoms with van der Waals surface area (Å²) in [7, 11) is 0. The number of rotatable bonds is 8. The maximum absolute atomic E-state index is 12.9. The minimum Gasteiger partial charge on any atom is -0.444 e. The van der Waals surface area contributed by atoms with E-state index in [1.165, 1.54) is 11.3 Å². The molecule has 3 rings (SSSR count). The molecule has 3 heterocycles. The quantitative estimate of drug-likeness (QED) is 0.454. The highest BCUT2D eigenvalue weighted by Crippen LogP contribution is 2.31. The molecule has 2 aromatic rings. The average Bonchev–Trinajstić information content (AvgIpc) is 3.43. The number of halogens is 1. The van der Waals surface area contributed by atoms with Gasteiger partial charge in [-0.1, -0.05) is 30.6 Å². The molecule has 2 aromatic heterocycles. The van der Waals surface area contributed by atoms with Gasteiger partial charge < -0.3 is 19.5 Å². The molecular weight excluding hydrogens is 476 g/mol. The Morgan fingerprint density at radius 1 is 1.26 bits per heavy atom. The van der Waals surface area contributed by atoms with Crippen molar-refractivity contribution in [3.63, 3.8) is 0 Å². The smallest absolute Gasteiger partial charge is 0.410 e. The monoisotopic (exact) mass is 510 g/mol. The number of piperidine rings is 1. The zero-order valence-corrected chi connectivity index (χ0v) is 22.2. The van der Waals surface area contributed by atoms with Crippen LogP contribution in [0.15, 0.2) is 16.7 Å². The lowest BCUT2D eigenvalue weighted by Crippen LogP contribution is -2.42. The van der Waals surface area contributed by atoms with Gasteiger partial charge in [0, 0.05) is 19.0 Å². The molecule has 0 bridgehead atoms. The zero-order chi connectivity index (χ0) is 24.9. The van der Waals surface area contributed by atoms with Gasteiger partial charge in [0.1, 0.15) is 5.60 Å². The van der Waals surface area contributed by atoms with Crippen LogP contribution < -0.4 is 5.32 Å². The topological polar surface area (TPSA) is 97.6 Å². The Morgan fingerprint density at radius 3 is 2.50 bits per heavy atom. The van der Waals surface area contributed by atoms with Gasteiger partial charge in [-0.3, -0.25) is 4.79 Å². The maximum Gasteiger partial charge on any atom is 0.410 e. The van der Waals surface area contributed by atoms with E-state index in [1.807, 2.05) is 20.8 Å². The van der Waals surface area contributed by atoms with Gasteiger partial charge >= 0.3 is 6.09 Å². The van der Waals surface area contributed by atoms with Gasteiger partial charge in [0.15, 0.2) is 5.82 Å². The molecule has 0 spiro atoms. The van der Waals surface area contributed by atoms with Crippen molar-refractivity contribution in [3.05, 3.63) is 33.1 Å². The van der Waals surface area contributed by atoms with Crippen molar-refractivity contribution in [2.75, 3.05) is 13.1 Å². The molecule has 0 aliphatic carbocycles. The molecule has 10 heteroatoms. The van der Waals surface area contributed by atoms with Gasteiger partial charge in [-0.25, -0.2) is 4.79 Å². The lowest BCUT2D eigenvalue weighted by Gasteiger charge is -2.34. The summed E-state index contributed by atoms with van der Waals surface area (Å²) in [5.41, 5.74) is -0.515. The third-order valence-electron chi connectivity index (χ3n) is 6.04. The molecule has 1 unspecified atom stereocenters. The lowest BCUT2D eigenvalue weighted by molar-refractivity contribution is 0.0178. The minimum atomic E-state index is -0.515. The first-order chi connectivity index (χ1) is 16.1. The Labute approximate surface area is 210 Å². The van der Waals surface area contributed by atoms with E-state index < -0.39 is 11.6 Å². The molecule has 0 radical (unpaired) electrons. The van der Waals surface area contributed by atoms with Crippen molar-refractivity contribution in [1.29, 1.82) is 0 Å². The third kappa shape index (κ3) is 7.18. The van der Waals surface area contributed by atoms with Crippen LogP contribution in [0.1, 0.15) is 100 Å². The Hall–Kier alpha value is -2.13. The van der Waals surface area contributed by atoms with E-state index in [2.05, 4.69) is 29.3 Å². The molecule has 1 aliphatic rings. The van der Waals surface area contributed by atoms with E-state index in [-0.39, 0.29) is 17.9 Å². The summed E-state index contributed by atoms with van der Waals surface area (Å²) in [6.07, 6.45) is 3.83. The summed E-state index contributed by atoms with van der Waals surface area (Å²) < 4.78 is 11.6. The molecule has 0 aromatic carbocycles. The van der Waals surface area contributed by atoms with Crippen LogP contribution in [-0.2, 0) is 4.74 Å². The largest absolute Gasteiger partial charge is 0.444 e. The van der Waals surface area contributed by atoms with Gasteiger partial charge in [-0.05, 0) is 70.9 Å². The summed E-state index contributed by atoms with van der Waals surface area (Å²) in [5.74, 6) is 1.39. The third-order valence-corrected chi connectivity index (χ3v) is 7.27. The van der Waals surface area contributed by atoms with E-state index in [0.29, 0.717) is 46.4 Å². The SMILES string of the molecule is CCC(CC)c1nc(C(CC2CCN(C(=O)OC(C)(C)C)CC2)NC(=O)c2ccc(Cl)s2)no1. The fraction of sp³-hybridized carbons (Fsp3) is 0.667. The van der Waals surface area contributed by atoms with Crippen LogP contribution in [-0.4, -0.2) is 45.7 Å². The molecule has 1 aliphatic heterocycles. The van der Waals surface area contributed by atoms with Crippen molar-refractivity contribution >= 4 is 34.9 Å². The number of thiophene rings is 1. The predicted molar refractivity (Wildman–Crippen MR) is 132 cm³/mol. The number of carbonyl (C=O) groups is 2. The van der Waals surface area contributed by atoms with Crippen molar-refractivity contribution in [1.82, 2.24) is 20.4 Å². The van der Waals surface area contributed by atoms with E-state index in [9.17, 15) is 9.59 Å². The van der Waals surface area contributed by atoms with E-state index >= 15 is 0 Å². The number of likely N-dealkylation sites (tertiary alicyclic amines) is 1. The first-order valence-corrected chi connectivity index (χ1v) is 13.2. The van der Waals surface area contributed by atoms with Crippen molar-refractivity contribution in [3.8, 4) is 0 Å². The van der Waals surface area contributed by atoms with Crippen LogP contribution in [0.3, 0.4) is 0 Å². The summed E-state index contributed by atoms with van der Waals surface area (Å²) in [4.78, 5) is 32.2. The number of aromatic nitrogens is 2. The molecule has 1 fully saturated rings. The fourth-order valence-corrected chi connectivity index (χ4v) is 5.04. The highest BCUT2D eigenvalue weighted by molar-refractivity contribution is 7.18. The highest BCUT2D eigenvalue weighted by Gasteiger charge is 2.31. The fourth-order valence-electron chi connectivity index (χ4n) is 4.10. The molecule has 8 nitrogen and oxygen atoms in total. The van der Waals surface area contributed by atoms with Gasteiger partial charge in [-0.15, -0.1) is 11.3 Å². The Bertz CT molecular complexity index is 958. The zero-order valence-electron chi connectivity index (χ0n) is 20.6. The van der Waals surface area contributed by atoms with Gasteiger partial charge in [0.05, 0.1) is 15.3 Å². The Kier molecular flexibility index (Phi) is 8.98. The van der Waals surface area contributed by atoms with Crippen molar-refractivity contribution in [2.24, 2.45) is 5.92 Å².